The van der Waals surface area contributed by atoms with Crippen LogP contribution in [0.3, 0.4) is 0 Å². The van der Waals surface area contributed by atoms with Crippen LogP contribution >= 0.6 is 0 Å². The molecule has 0 aromatic rings. The van der Waals surface area contributed by atoms with Crippen molar-refractivity contribution in [3.05, 3.63) is 10.4 Å². The quantitative estimate of drug-likeness (QED) is 0.0546. The Hall–Kier alpha value is -0.890. The summed E-state index contributed by atoms with van der Waals surface area (Å²) in [6.07, 6.45) is 25.0. The van der Waals surface area contributed by atoms with Crippen LogP contribution in [0.1, 0.15) is 170 Å². The summed E-state index contributed by atoms with van der Waals surface area (Å²) in [5.41, 5.74) is 14.9. The second-order valence-electron chi connectivity index (χ2n) is 13.5. The Kier molecular flexibility index (Phi) is 21.9. The minimum absolute atomic E-state index is 0.105. The fraction of sp³-hybridized carbons (Fsp3) is 1.00. The Morgan fingerprint density at radius 1 is 0.667 bits per heavy atom. The molecule has 0 radical (unpaired) electrons. The van der Waals surface area contributed by atoms with E-state index in [1.165, 1.54) is 83.5 Å². The summed E-state index contributed by atoms with van der Waals surface area (Å²) in [5.74, 6) is -0.857. The Bertz CT molecular complexity index is 699. The minimum atomic E-state index is -0.461. The molecule has 2 saturated heterocycles. The topological polar surface area (TPSA) is 112 Å². The highest BCUT2D eigenvalue weighted by molar-refractivity contribution is 4.76. The number of hydrogen-bond acceptors (Lipinski definition) is 6. The van der Waals surface area contributed by atoms with Crippen molar-refractivity contribution in [3.8, 4) is 0 Å². The lowest BCUT2D eigenvalue weighted by molar-refractivity contribution is -0.139. The molecular formula is C34H68N4O4. The van der Waals surface area contributed by atoms with Crippen LogP contribution in [-0.2, 0) is 18.9 Å². The van der Waals surface area contributed by atoms with E-state index in [2.05, 4.69) is 23.9 Å². The first-order valence-electron chi connectivity index (χ1n) is 17.5. The molecule has 8 heteroatoms. The van der Waals surface area contributed by atoms with Crippen molar-refractivity contribution in [2.24, 2.45) is 10.8 Å². The third kappa shape index (κ3) is 20.9. The summed E-state index contributed by atoms with van der Waals surface area (Å²) in [4.78, 5) is 3.00. The van der Waals surface area contributed by atoms with Gasteiger partial charge in [-0.25, -0.2) is 0 Å². The van der Waals surface area contributed by atoms with Gasteiger partial charge in [0.1, 0.15) is 0 Å². The zero-order valence-electron chi connectivity index (χ0n) is 28.4. The molecule has 8 nitrogen and oxygen atoms in total. The van der Waals surface area contributed by atoms with E-state index in [9.17, 15) is 0 Å². The fourth-order valence-corrected chi connectivity index (χ4v) is 5.77. The summed E-state index contributed by atoms with van der Waals surface area (Å²) in [5, 5.41) is 3.95. The van der Waals surface area contributed by atoms with E-state index in [1.807, 2.05) is 27.7 Å². The maximum Gasteiger partial charge on any atom is 0.163 e. The summed E-state index contributed by atoms with van der Waals surface area (Å²) in [6, 6.07) is 0.436. The van der Waals surface area contributed by atoms with Crippen LogP contribution < -0.4 is 5.73 Å². The van der Waals surface area contributed by atoms with Crippen LogP contribution in [0.25, 0.3) is 10.4 Å². The molecule has 2 N–H and O–H groups in total. The SMILES string of the molecule is CCCCCCCCCC(CC[C@H]1COC(C)(C)O1)N=[N+]=[N-].CCCCCCCCCC(N)CC[C@H]1COC(C)(C)O1. The van der Waals surface area contributed by atoms with Gasteiger partial charge in [0.25, 0.3) is 0 Å². The molecule has 0 saturated carbocycles. The molecule has 0 bridgehead atoms. The molecule has 0 aromatic carbocycles. The first kappa shape index (κ1) is 39.1. The number of nitrogens with zero attached hydrogens (tertiary/aromatic N) is 3. The molecule has 248 valence electrons. The highest BCUT2D eigenvalue weighted by atomic mass is 16.7. The predicted molar refractivity (Wildman–Crippen MR) is 174 cm³/mol. The smallest absolute Gasteiger partial charge is 0.163 e. The monoisotopic (exact) mass is 597 g/mol. The van der Waals surface area contributed by atoms with Gasteiger partial charge in [0.15, 0.2) is 11.6 Å². The normalized spacial score (nSPS) is 22.3. The van der Waals surface area contributed by atoms with Crippen molar-refractivity contribution < 1.29 is 18.9 Å². The third-order valence-electron chi connectivity index (χ3n) is 8.35. The molecule has 0 amide bonds. The highest BCUT2D eigenvalue weighted by Crippen LogP contribution is 2.27. The van der Waals surface area contributed by atoms with Crippen molar-refractivity contribution >= 4 is 0 Å². The number of rotatable bonds is 23. The highest BCUT2D eigenvalue weighted by Gasteiger charge is 2.33. The van der Waals surface area contributed by atoms with Crippen molar-refractivity contribution in [2.75, 3.05) is 13.2 Å². The summed E-state index contributed by atoms with van der Waals surface area (Å²) in [6.45, 7) is 13.7. The van der Waals surface area contributed by atoms with Crippen molar-refractivity contribution in [1.82, 2.24) is 0 Å². The van der Waals surface area contributed by atoms with Crippen LogP contribution in [0.15, 0.2) is 5.11 Å². The first-order valence-corrected chi connectivity index (χ1v) is 17.5. The Morgan fingerprint density at radius 3 is 1.52 bits per heavy atom. The Labute approximate surface area is 259 Å². The molecule has 2 rings (SSSR count). The van der Waals surface area contributed by atoms with E-state index in [0.717, 1.165) is 51.6 Å². The molecule has 42 heavy (non-hydrogen) atoms. The summed E-state index contributed by atoms with van der Waals surface area (Å²) in [7, 11) is 0. The Morgan fingerprint density at radius 2 is 1.10 bits per heavy atom. The zero-order valence-corrected chi connectivity index (χ0v) is 28.4. The van der Waals surface area contributed by atoms with Gasteiger partial charge in [-0.2, -0.15) is 0 Å². The van der Waals surface area contributed by atoms with E-state index in [-0.39, 0.29) is 18.2 Å². The molecule has 0 aromatic heterocycles. The van der Waals surface area contributed by atoms with Crippen LogP contribution in [0, 0.1) is 0 Å². The second-order valence-corrected chi connectivity index (χ2v) is 13.5. The van der Waals surface area contributed by atoms with Gasteiger partial charge in [-0.1, -0.05) is 109 Å². The number of unbranched alkanes of at least 4 members (excludes halogenated alkanes) is 12. The fourth-order valence-electron chi connectivity index (χ4n) is 5.77. The molecule has 0 aliphatic carbocycles. The predicted octanol–water partition coefficient (Wildman–Crippen LogP) is 10.1. The molecule has 0 spiro atoms. The maximum absolute atomic E-state index is 8.71. The number of nitrogens with two attached hydrogens (primary N) is 1. The van der Waals surface area contributed by atoms with E-state index in [1.54, 1.807) is 0 Å². The van der Waals surface area contributed by atoms with E-state index >= 15 is 0 Å². The van der Waals surface area contributed by atoms with Gasteiger partial charge >= 0.3 is 0 Å². The van der Waals surface area contributed by atoms with Crippen molar-refractivity contribution in [1.29, 1.82) is 0 Å². The lowest BCUT2D eigenvalue weighted by Crippen LogP contribution is -2.24. The van der Waals surface area contributed by atoms with E-state index in [4.69, 9.17) is 30.2 Å². The molecule has 2 unspecified atom stereocenters. The van der Waals surface area contributed by atoms with Gasteiger partial charge in [0, 0.05) is 17.0 Å². The lowest BCUT2D eigenvalue weighted by Gasteiger charge is -2.18. The zero-order chi connectivity index (χ0) is 31.1. The van der Waals surface area contributed by atoms with Gasteiger partial charge < -0.3 is 24.7 Å². The number of hydrogen-bond donors (Lipinski definition) is 1. The maximum atomic E-state index is 8.71. The molecule has 4 atom stereocenters. The third-order valence-corrected chi connectivity index (χ3v) is 8.35. The van der Waals surface area contributed by atoms with E-state index < -0.39 is 11.6 Å². The van der Waals surface area contributed by atoms with Crippen LogP contribution in [-0.4, -0.2) is 49.1 Å². The average Bonchev–Trinajstić information content (AvgIpc) is 3.49. The van der Waals surface area contributed by atoms with Gasteiger partial charge in [0.05, 0.1) is 25.4 Å². The molecule has 2 heterocycles. The van der Waals surface area contributed by atoms with Crippen LogP contribution in [0.5, 0.6) is 0 Å². The second kappa shape index (κ2) is 23.5. The number of azide groups is 1. The van der Waals surface area contributed by atoms with Crippen molar-refractivity contribution in [2.45, 2.75) is 206 Å². The molecule has 2 aliphatic rings. The average molecular weight is 597 g/mol. The van der Waals surface area contributed by atoms with Gasteiger partial charge in [-0.05, 0) is 71.8 Å². The van der Waals surface area contributed by atoms with Gasteiger partial charge in [-0.3, -0.25) is 0 Å². The van der Waals surface area contributed by atoms with Crippen LogP contribution in [0.4, 0.5) is 0 Å². The molecular weight excluding hydrogens is 528 g/mol. The molecule has 2 aliphatic heterocycles. The summed E-state index contributed by atoms with van der Waals surface area (Å²) >= 11 is 0. The van der Waals surface area contributed by atoms with Crippen LogP contribution in [0.2, 0.25) is 0 Å². The standard InChI is InChI=1S/C17H33N3O2.C17H35NO2/c1-4-5-6-7-8-9-10-11-15(19-20-18)12-13-16-14-21-17(2,3)22-16;1-4-5-6-7-8-9-10-11-15(18)12-13-16-14-19-17(2,3)20-16/h15-16H,4-14H2,1-3H3;15-16H,4-14,18H2,1-3H3/t2*15?,16-/m00/s1. The summed E-state index contributed by atoms with van der Waals surface area (Å²) < 4.78 is 22.7. The largest absolute Gasteiger partial charge is 0.348 e. The Balaban J connectivity index is 0.000000422. The first-order chi connectivity index (χ1) is 20.1. The van der Waals surface area contributed by atoms with Crippen molar-refractivity contribution in [3.63, 3.8) is 0 Å². The van der Waals surface area contributed by atoms with E-state index in [0.29, 0.717) is 12.6 Å². The van der Waals surface area contributed by atoms with Gasteiger partial charge in [-0.15, -0.1) is 0 Å². The van der Waals surface area contributed by atoms with Gasteiger partial charge in [0.2, 0.25) is 0 Å². The minimum Gasteiger partial charge on any atom is -0.348 e. The number of ether oxygens (including phenoxy) is 4. The lowest BCUT2D eigenvalue weighted by atomic mass is 10.0. The molecule has 2 fully saturated rings.